The van der Waals surface area contributed by atoms with Crippen LogP contribution in [0.1, 0.15) is 38.7 Å². The molecule has 1 aliphatic heterocycles. The fourth-order valence-corrected chi connectivity index (χ4v) is 2.36. The number of fused-ring (bicyclic) bond motifs is 1. The molecule has 0 bridgehead atoms. The fourth-order valence-electron chi connectivity index (χ4n) is 2.36. The number of hydrogen-bond donors (Lipinski definition) is 1. The van der Waals surface area contributed by atoms with Crippen molar-refractivity contribution < 1.29 is 4.74 Å². The molecule has 2 rings (SSSR count). The molecule has 1 heterocycles. The number of para-hydroxylation sites is 1. The topological polar surface area (TPSA) is 21.3 Å². The maximum atomic E-state index is 6.14. The molecular weight excluding hydrogens is 198 g/mol. The predicted octanol–water partition coefficient (Wildman–Crippen LogP) is 3.75. The van der Waals surface area contributed by atoms with Crippen LogP contribution in [0.25, 0.3) is 0 Å². The number of benzene rings is 1. The van der Waals surface area contributed by atoms with Gasteiger partial charge in [0.15, 0.2) is 0 Å². The fraction of sp³-hybridized carbons (Fsp3) is 0.571. The summed E-state index contributed by atoms with van der Waals surface area (Å²) in [6.45, 7) is 6.53. The summed E-state index contributed by atoms with van der Waals surface area (Å²) in [7, 11) is 0. The van der Waals surface area contributed by atoms with Crippen LogP contribution in [0, 0.1) is 6.92 Å². The largest absolute Gasteiger partial charge is 0.486 e. The third-order valence-corrected chi connectivity index (χ3v) is 3.28. The number of hydrogen-bond acceptors (Lipinski definition) is 2. The Morgan fingerprint density at radius 3 is 2.81 bits per heavy atom. The van der Waals surface area contributed by atoms with Gasteiger partial charge in [-0.05, 0) is 31.4 Å². The van der Waals surface area contributed by atoms with E-state index < -0.39 is 0 Å². The third kappa shape index (κ3) is 2.01. The van der Waals surface area contributed by atoms with E-state index in [1.165, 1.54) is 12.0 Å². The van der Waals surface area contributed by atoms with Crippen molar-refractivity contribution in [3.05, 3.63) is 23.8 Å². The smallest absolute Gasteiger partial charge is 0.145 e. The second kappa shape index (κ2) is 4.77. The lowest BCUT2D eigenvalue weighted by atomic mass is 10.00. The maximum absolute atomic E-state index is 6.14. The molecule has 0 radical (unpaired) electrons. The van der Waals surface area contributed by atoms with Gasteiger partial charge in [-0.1, -0.05) is 32.4 Å². The standard InChI is InChI=1S/C14H21NO/c1-4-7-13-11(5-2)15-12-9-6-8-10(3)14(12)16-13/h6,8-9,11,13,15H,4-5,7H2,1-3H3. The molecule has 0 saturated heterocycles. The van der Waals surface area contributed by atoms with E-state index >= 15 is 0 Å². The van der Waals surface area contributed by atoms with Crippen LogP contribution in [0.3, 0.4) is 0 Å². The molecule has 2 nitrogen and oxygen atoms in total. The van der Waals surface area contributed by atoms with Crippen LogP contribution in [0.2, 0.25) is 0 Å². The van der Waals surface area contributed by atoms with E-state index in [9.17, 15) is 0 Å². The van der Waals surface area contributed by atoms with Crippen LogP contribution in [0.5, 0.6) is 5.75 Å². The van der Waals surface area contributed by atoms with Crippen molar-refractivity contribution in [3.8, 4) is 5.75 Å². The highest BCUT2D eigenvalue weighted by atomic mass is 16.5. The first kappa shape index (κ1) is 11.3. The first-order valence-corrected chi connectivity index (χ1v) is 6.29. The van der Waals surface area contributed by atoms with Gasteiger partial charge in [-0.25, -0.2) is 0 Å². The van der Waals surface area contributed by atoms with Gasteiger partial charge in [0.1, 0.15) is 11.9 Å². The van der Waals surface area contributed by atoms with E-state index in [-0.39, 0.29) is 0 Å². The van der Waals surface area contributed by atoms with Gasteiger partial charge in [0.05, 0.1) is 11.7 Å². The molecule has 0 aromatic heterocycles. The van der Waals surface area contributed by atoms with Crippen molar-refractivity contribution >= 4 is 5.69 Å². The van der Waals surface area contributed by atoms with Crippen molar-refractivity contribution in [2.75, 3.05) is 5.32 Å². The highest BCUT2D eigenvalue weighted by molar-refractivity contribution is 5.62. The molecule has 0 amide bonds. The molecule has 1 aliphatic rings. The van der Waals surface area contributed by atoms with Crippen LogP contribution < -0.4 is 10.1 Å². The number of nitrogens with one attached hydrogen (secondary N) is 1. The summed E-state index contributed by atoms with van der Waals surface area (Å²) in [5.74, 6) is 1.05. The zero-order valence-corrected chi connectivity index (χ0v) is 10.4. The Morgan fingerprint density at radius 1 is 1.31 bits per heavy atom. The molecule has 0 aliphatic carbocycles. The van der Waals surface area contributed by atoms with Crippen molar-refractivity contribution in [2.24, 2.45) is 0 Å². The Labute approximate surface area is 98.0 Å². The predicted molar refractivity (Wildman–Crippen MR) is 68.2 cm³/mol. The normalized spacial score (nSPS) is 23.2. The summed E-state index contributed by atoms with van der Waals surface area (Å²) in [6, 6.07) is 6.75. The molecule has 1 aromatic rings. The van der Waals surface area contributed by atoms with Crippen molar-refractivity contribution in [3.63, 3.8) is 0 Å². The van der Waals surface area contributed by atoms with Gasteiger partial charge >= 0.3 is 0 Å². The summed E-state index contributed by atoms with van der Waals surface area (Å²) in [4.78, 5) is 0. The third-order valence-electron chi connectivity index (χ3n) is 3.28. The molecule has 1 aromatic carbocycles. The average Bonchev–Trinajstić information content (AvgIpc) is 2.30. The SMILES string of the molecule is CCCC1Oc2c(C)cccc2NC1CC. The van der Waals surface area contributed by atoms with Crippen molar-refractivity contribution in [1.82, 2.24) is 0 Å². The monoisotopic (exact) mass is 219 g/mol. The Kier molecular flexibility index (Phi) is 3.37. The minimum atomic E-state index is 0.323. The van der Waals surface area contributed by atoms with Gasteiger partial charge in [0.25, 0.3) is 0 Å². The van der Waals surface area contributed by atoms with Crippen LogP contribution in [0.15, 0.2) is 18.2 Å². The molecule has 0 fully saturated rings. The number of rotatable bonds is 3. The maximum Gasteiger partial charge on any atom is 0.145 e. The number of anilines is 1. The Hall–Kier alpha value is -1.18. The highest BCUT2D eigenvalue weighted by Crippen LogP contribution is 2.35. The molecule has 2 heteroatoms. The quantitative estimate of drug-likeness (QED) is 0.836. The van der Waals surface area contributed by atoms with E-state index in [4.69, 9.17) is 4.74 Å². The van der Waals surface area contributed by atoms with E-state index in [1.54, 1.807) is 0 Å². The minimum absolute atomic E-state index is 0.323. The summed E-state index contributed by atoms with van der Waals surface area (Å²) in [6.07, 6.45) is 3.73. The minimum Gasteiger partial charge on any atom is -0.486 e. The molecule has 2 atom stereocenters. The van der Waals surface area contributed by atoms with Gasteiger partial charge in [0.2, 0.25) is 0 Å². The van der Waals surface area contributed by atoms with Crippen LogP contribution in [-0.4, -0.2) is 12.1 Å². The molecule has 1 N–H and O–H groups in total. The first-order valence-electron chi connectivity index (χ1n) is 6.29. The lowest BCUT2D eigenvalue weighted by Gasteiger charge is -2.35. The second-order valence-electron chi connectivity index (χ2n) is 4.56. The average molecular weight is 219 g/mol. The first-order chi connectivity index (χ1) is 7.76. The van der Waals surface area contributed by atoms with E-state index in [0.29, 0.717) is 12.1 Å². The molecule has 88 valence electrons. The molecule has 16 heavy (non-hydrogen) atoms. The zero-order chi connectivity index (χ0) is 11.5. The Balaban J connectivity index is 2.27. The summed E-state index contributed by atoms with van der Waals surface area (Å²) in [5.41, 5.74) is 2.37. The molecule has 0 saturated carbocycles. The molecule has 2 unspecified atom stereocenters. The van der Waals surface area contributed by atoms with Gasteiger partial charge in [-0.2, -0.15) is 0 Å². The molecule has 0 spiro atoms. The van der Waals surface area contributed by atoms with Crippen LogP contribution in [-0.2, 0) is 0 Å². The Morgan fingerprint density at radius 2 is 2.12 bits per heavy atom. The zero-order valence-electron chi connectivity index (χ0n) is 10.4. The summed E-state index contributed by atoms with van der Waals surface area (Å²) < 4.78 is 6.14. The molecular formula is C14H21NO. The van der Waals surface area contributed by atoms with E-state index in [2.05, 4.69) is 44.3 Å². The number of aryl methyl sites for hydroxylation is 1. The van der Waals surface area contributed by atoms with Gasteiger partial charge < -0.3 is 10.1 Å². The van der Waals surface area contributed by atoms with Gasteiger partial charge in [0, 0.05) is 0 Å². The van der Waals surface area contributed by atoms with Crippen molar-refractivity contribution in [1.29, 1.82) is 0 Å². The van der Waals surface area contributed by atoms with E-state index in [1.807, 2.05) is 0 Å². The van der Waals surface area contributed by atoms with Crippen molar-refractivity contribution in [2.45, 2.75) is 52.2 Å². The highest BCUT2D eigenvalue weighted by Gasteiger charge is 2.28. The lowest BCUT2D eigenvalue weighted by Crippen LogP contribution is -2.41. The summed E-state index contributed by atoms with van der Waals surface area (Å²) >= 11 is 0. The lowest BCUT2D eigenvalue weighted by molar-refractivity contribution is 0.154. The Bertz CT molecular complexity index is 362. The van der Waals surface area contributed by atoms with Gasteiger partial charge in [-0.3, -0.25) is 0 Å². The second-order valence-corrected chi connectivity index (χ2v) is 4.56. The summed E-state index contributed by atoms with van der Waals surface area (Å²) in [5, 5.41) is 3.60. The number of ether oxygens (including phenoxy) is 1. The van der Waals surface area contributed by atoms with Gasteiger partial charge in [-0.15, -0.1) is 0 Å². The van der Waals surface area contributed by atoms with Crippen LogP contribution in [0.4, 0.5) is 5.69 Å². The van der Waals surface area contributed by atoms with E-state index in [0.717, 1.165) is 24.3 Å². The van der Waals surface area contributed by atoms with Crippen LogP contribution >= 0.6 is 0 Å².